The molecule has 1 N–H and O–H groups in total. The Bertz CT molecular complexity index is 649. The van der Waals surface area contributed by atoms with E-state index < -0.39 is 5.97 Å². The van der Waals surface area contributed by atoms with Crippen molar-refractivity contribution in [2.45, 2.75) is 6.92 Å². The second-order valence-corrected chi connectivity index (χ2v) is 5.55. The summed E-state index contributed by atoms with van der Waals surface area (Å²) in [5, 5.41) is 4.99. The molecule has 0 aliphatic rings. The number of anilines is 1. The van der Waals surface area contributed by atoms with Gasteiger partial charge in [0.2, 0.25) is 0 Å². The van der Waals surface area contributed by atoms with E-state index in [0.717, 1.165) is 4.88 Å². The van der Waals surface area contributed by atoms with Crippen LogP contribution in [0.25, 0.3) is 0 Å². The number of esters is 1. The van der Waals surface area contributed by atoms with E-state index in [2.05, 4.69) is 5.32 Å². The zero-order valence-corrected chi connectivity index (χ0v) is 12.5. The summed E-state index contributed by atoms with van der Waals surface area (Å²) in [6, 6.07) is 6.51. The Morgan fingerprint density at radius 3 is 2.50 bits per heavy atom. The first-order valence-electron chi connectivity index (χ1n) is 5.76. The van der Waals surface area contributed by atoms with Gasteiger partial charge in [0.25, 0.3) is 5.91 Å². The van der Waals surface area contributed by atoms with Gasteiger partial charge in [-0.25, -0.2) is 4.79 Å². The molecular weight excluding hydrogens is 298 g/mol. The molecule has 1 heterocycles. The van der Waals surface area contributed by atoms with Crippen LogP contribution in [0.15, 0.2) is 29.6 Å². The maximum absolute atomic E-state index is 12.1. The molecule has 1 aromatic carbocycles. The summed E-state index contributed by atoms with van der Waals surface area (Å²) in [6.07, 6.45) is 0. The van der Waals surface area contributed by atoms with E-state index in [4.69, 9.17) is 16.3 Å². The van der Waals surface area contributed by atoms with Crippen LogP contribution >= 0.6 is 22.9 Å². The van der Waals surface area contributed by atoms with Gasteiger partial charge < -0.3 is 10.1 Å². The van der Waals surface area contributed by atoms with Gasteiger partial charge >= 0.3 is 5.97 Å². The number of hydrogen-bond acceptors (Lipinski definition) is 4. The summed E-state index contributed by atoms with van der Waals surface area (Å²) in [6.45, 7) is 1.80. The fraction of sp³-hybridized carbons (Fsp3) is 0.143. The van der Waals surface area contributed by atoms with Gasteiger partial charge in [0.15, 0.2) is 0 Å². The van der Waals surface area contributed by atoms with Gasteiger partial charge in [-0.2, -0.15) is 0 Å². The number of methoxy groups -OCH3 is 1. The third kappa shape index (κ3) is 3.00. The minimum Gasteiger partial charge on any atom is -0.465 e. The lowest BCUT2D eigenvalue weighted by atomic mass is 10.2. The zero-order valence-electron chi connectivity index (χ0n) is 10.9. The van der Waals surface area contributed by atoms with Crippen molar-refractivity contribution in [1.82, 2.24) is 0 Å². The lowest BCUT2D eigenvalue weighted by Crippen LogP contribution is -2.14. The molecule has 0 fully saturated rings. The second kappa shape index (κ2) is 6.07. The second-order valence-electron chi connectivity index (χ2n) is 4.03. The number of carbonyl (C=O) groups excluding carboxylic acids is 2. The van der Waals surface area contributed by atoms with Crippen LogP contribution in [0.5, 0.6) is 0 Å². The molecule has 20 heavy (non-hydrogen) atoms. The van der Waals surface area contributed by atoms with Crippen molar-refractivity contribution < 1.29 is 14.3 Å². The Balaban J connectivity index is 2.24. The van der Waals surface area contributed by atoms with E-state index in [1.165, 1.54) is 18.4 Å². The first kappa shape index (κ1) is 14.6. The molecule has 0 spiro atoms. The molecule has 0 unspecified atom stereocenters. The van der Waals surface area contributed by atoms with Crippen LogP contribution in [0, 0.1) is 6.92 Å². The Morgan fingerprint density at radius 2 is 1.90 bits per heavy atom. The molecule has 0 atom stereocenters. The van der Waals surface area contributed by atoms with Crippen molar-refractivity contribution in [3.8, 4) is 0 Å². The number of rotatable bonds is 3. The molecule has 2 aromatic rings. The van der Waals surface area contributed by atoms with Crippen molar-refractivity contribution in [3.05, 3.63) is 50.7 Å². The van der Waals surface area contributed by atoms with Crippen LogP contribution in [0.2, 0.25) is 5.02 Å². The summed E-state index contributed by atoms with van der Waals surface area (Å²) in [5.74, 6) is -0.764. The molecule has 1 aromatic heterocycles. The highest BCUT2D eigenvalue weighted by Crippen LogP contribution is 2.27. The minimum absolute atomic E-state index is 0.301. The summed E-state index contributed by atoms with van der Waals surface area (Å²) >= 11 is 7.15. The molecule has 0 bridgehead atoms. The normalized spacial score (nSPS) is 10.2. The molecule has 0 radical (unpaired) electrons. The summed E-state index contributed by atoms with van der Waals surface area (Å²) in [5.41, 5.74) is 1.31. The molecule has 1 amide bonds. The Morgan fingerprint density at radius 1 is 1.25 bits per heavy atom. The fourth-order valence-corrected chi connectivity index (χ4v) is 2.61. The van der Waals surface area contributed by atoms with Crippen LogP contribution in [0.4, 0.5) is 5.69 Å². The zero-order chi connectivity index (χ0) is 14.7. The maximum atomic E-state index is 12.1. The van der Waals surface area contributed by atoms with Crippen molar-refractivity contribution in [1.29, 1.82) is 0 Å². The first-order valence-corrected chi connectivity index (χ1v) is 7.02. The van der Waals surface area contributed by atoms with Crippen LogP contribution in [0.3, 0.4) is 0 Å². The highest BCUT2D eigenvalue weighted by atomic mass is 35.5. The summed E-state index contributed by atoms with van der Waals surface area (Å²) in [7, 11) is 1.31. The van der Waals surface area contributed by atoms with Gasteiger partial charge in [0.1, 0.15) is 0 Å². The summed E-state index contributed by atoms with van der Waals surface area (Å²) in [4.78, 5) is 24.6. The Kier molecular flexibility index (Phi) is 4.42. The number of benzene rings is 1. The number of aryl methyl sites for hydroxylation is 1. The molecule has 0 saturated carbocycles. The van der Waals surface area contributed by atoms with Crippen LogP contribution < -0.4 is 5.32 Å². The van der Waals surface area contributed by atoms with Gasteiger partial charge in [-0.1, -0.05) is 11.6 Å². The third-order valence-corrected chi connectivity index (χ3v) is 3.88. The van der Waals surface area contributed by atoms with Gasteiger partial charge in [-0.15, -0.1) is 11.3 Å². The van der Waals surface area contributed by atoms with Crippen molar-refractivity contribution in [2.24, 2.45) is 0 Å². The van der Waals surface area contributed by atoms with Crippen LogP contribution in [0.1, 0.15) is 25.6 Å². The Hall–Kier alpha value is -1.85. The van der Waals surface area contributed by atoms with Crippen LogP contribution in [-0.2, 0) is 4.74 Å². The fourth-order valence-electron chi connectivity index (χ4n) is 1.70. The largest absolute Gasteiger partial charge is 0.465 e. The number of carbonyl (C=O) groups is 2. The molecule has 2 rings (SSSR count). The molecule has 0 aliphatic carbocycles. The van der Waals surface area contributed by atoms with Crippen molar-refractivity contribution >= 4 is 40.5 Å². The predicted molar refractivity (Wildman–Crippen MR) is 79.8 cm³/mol. The van der Waals surface area contributed by atoms with Crippen LogP contribution in [-0.4, -0.2) is 19.0 Å². The monoisotopic (exact) mass is 309 g/mol. The van der Waals surface area contributed by atoms with E-state index in [-0.39, 0.29) is 5.91 Å². The first-order chi connectivity index (χ1) is 9.52. The standard InChI is InChI=1S/C14H12ClNO3S/c1-8-12(14(18)19-2)11(7-20-8)16-13(17)9-3-5-10(15)6-4-9/h3-7H,1-2H3,(H,16,17). The van der Waals surface area contributed by atoms with E-state index >= 15 is 0 Å². The summed E-state index contributed by atoms with van der Waals surface area (Å²) < 4.78 is 4.72. The number of amides is 1. The number of hydrogen-bond donors (Lipinski definition) is 1. The van der Waals surface area contributed by atoms with E-state index in [1.807, 2.05) is 0 Å². The molecule has 0 saturated heterocycles. The molecular formula is C14H12ClNO3S. The third-order valence-electron chi connectivity index (χ3n) is 2.72. The average molecular weight is 310 g/mol. The molecule has 0 aliphatic heterocycles. The van der Waals surface area contributed by atoms with Crippen molar-refractivity contribution in [2.75, 3.05) is 12.4 Å². The van der Waals surface area contributed by atoms with Gasteiger partial charge in [-0.3, -0.25) is 4.79 Å². The quantitative estimate of drug-likeness (QED) is 0.879. The minimum atomic E-state index is -0.463. The molecule has 6 heteroatoms. The van der Waals surface area contributed by atoms with E-state index in [1.54, 1.807) is 36.6 Å². The molecule has 4 nitrogen and oxygen atoms in total. The van der Waals surface area contributed by atoms with Gasteiger partial charge in [0, 0.05) is 20.8 Å². The Labute approximate surface area is 125 Å². The van der Waals surface area contributed by atoms with Gasteiger partial charge in [0.05, 0.1) is 18.4 Å². The number of nitrogens with one attached hydrogen (secondary N) is 1. The number of ether oxygens (including phenoxy) is 1. The highest BCUT2D eigenvalue weighted by Gasteiger charge is 2.19. The smallest absolute Gasteiger partial charge is 0.341 e. The highest BCUT2D eigenvalue weighted by molar-refractivity contribution is 7.10. The topological polar surface area (TPSA) is 55.4 Å². The lowest BCUT2D eigenvalue weighted by Gasteiger charge is -2.06. The number of halogens is 1. The average Bonchev–Trinajstić information content (AvgIpc) is 2.79. The van der Waals surface area contributed by atoms with Crippen molar-refractivity contribution in [3.63, 3.8) is 0 Å². The lowest BCUT2D eigenvalue weighted by molar-refractivity contribution is 0.0602. The SMILES string of the molecule is COC(=O)c1c(NC(=O)c2ccc(Cl)cc2)csc1C. The number of thiophene rings is 1. The molecule has 104 valence electrons. The van der Waals surface area contributed by atoms with E-state index in [9.17, 15) is 9.59 Å². The predicted octanol–water partition coefficient (Wildman–Crippen LogP) is 3.75. The van der Waals surface area contributed by atoms with Gasteiger partial charge in [-0.05, 0) is 31.2 Å². The van der Waals surface area contributed by atoms with E-state index in [0.29, 0.717) is 21.8 Å². The maximum Gasteiger partial charge on any atom is 0.341 e.